The standard InChI is InChI=1S/C13H16O2S/c16-13(14-11-7-3-1-4-8-11)15-12-9-5-2-6-10-12/h1,3-4,7-8,12H,2,5-6,9-10H2. The van der Waals surface area contributed by atoms with Crippen LogP contribution in [0.4, 0.5) is 0 Å². The van der Waals surface area contributed by atoms with E-state index in [2.05, 4.69) is 0 Å². The minimum atomic E-state index is 0.248. The van der Waals surface area contributed by atoms with E-state index in [0.29, 0.717) is 0 Å². The number of hydrogen-bond acceptors (Lipinski definition) is 3. The molecule has 1 aliphatic rings. The van der Waals surface area contributed by atoms with Crippen LogP contribution in [-0.4, -0.2) is 11.3 Å². The first-order chi connectivity index (χ1) is 7.84. The van der Waals surface area contributed by atoms with Gasteiger partial charge in [0, 0.05) is 12.2 Å². The monoisotopic (exact) mass is 236 g/mol. The lowest BCUT2D eigenvalue weighted by Gasteiger charge is -2.22. The molecule has 0 aliphatic heterocycles. The van der Waals surface area contributed by atoms with Crippen molar-refractivity contribution in [3.8, 4) is 5.75 Å². The minimum absolute atomic E-state index is 0.248. The third kappa shape index (κ3) is 3.49. The predicted molar refractivity (Wildman–Crippen MR) is 67.6 cm³/mol. The first-order valence-corrected chi connectivity index (χ1v) is 6.19. The summed E-state index contributed by atoms with van der Waals surface area (Å²) in [6.45, 7) is 0. The molecule has 0 heterocycles. The first kappa shape index (κ1) is 11.4. The van der Waals surface area contributed by atoms with Crippen molar-refractivity contribution in [2.45, 2.75) is 38.2 Å². The number of para-hydroxylation sites is 1. The Morgan fingerprint density at radius 3 is 2.44 bits per heavy atom. The van der Waals surface area contributed by atoms with Gasteiger partial charge < -0.3 is 9.47 Å². The van der Waals surface area contributed by atoms with E-state index in [0.717, 1.165) is 18.6 Å². The van der Waals surface area contributed by atoms with Gasteiger partial charge >= 0.3 is 5.24 Å². The van der Waals surface area contributed by atoms with E-state index in [1.54, 1.807) is 0 Å². The summed E-state index contributed by atoms with van der Waals surface area (Å²) in [7, 11) is 0. The summed E-state index contributed by atoms with van der Waals surface area (Å²) in [5, 5.41) is 0.248. The summed E-state index contributed by atoms with van der Waals surface area (Å²) < 4.78 is 11.0. The first-order valence-electron chi connectivity index (χ1n) is 5.78. The number of ether oxygens (including phenoxy) is 2. The van der Waals surface area contributed by atoms with E-state index in [1.807, 2.05) is 30.3 Å². The van der Waals surface area contributed by atoms with Crippen LogP contribution in [0.2, 0.25) is 0 Å². The average molecular weight is 236 g/mol. The molecule has 0 atom stereocenters. The van der Waals surface area contributed by atoms with Crippen LogP contribution in [0.25, 0.3) is 0 Å². The Balaban J connectivity index is 1.80. The van der Waals surface area contributed by atoms with E-state index in [4.69, 9.17) is 21.7 Å². The molecule has 1 aromatic rings. The quantitative estimate of drug-likeness (QED) is 0.729. The molecule has 86 valence electrons. The molecule has 0 bridgehead atoms. The molecule has 0 N–H and O–H groups in total. The van der Waals surface area contributed by atoms with Crippen LogP contribution in [0.3, 0.4) is 0 Å². The van der Waals surface area contributed by atoms with Crippen LogP contribution in [0, 0.1) is 0 Å². The molecule has 1 aromatic carbocycles. The number of benzene rings is 1. The second kappa shape index (κ2) is 5.85. The van der Waals surface area contributed by atoms with E-state index >= 15 is 0 Å². The van der Waals surface area contributed by atoms with Gasteiger partial charge in [0.1, 0.15) is 11.9 Å². The SMILES string of the molecule is S=C(Oc1ccccc1)OC1CCCCC1. The van der Waals surface area contributed by atoms with Crippen molar-refractivity contribution >= 4 is 17.5 Å². The molecule has 2 nitrogen and oxygen atoms in total. The van der Waals surface area contributed by atoms with Gasteiger partial charge in [-0.1, -0.05) is 24.6 Å². The number of thiocarbonyl (C=S) groups is 1. The summed E-state index contributed by atoms with van der Waals surface area (Å²) in [6, 6.07) is 9.52. The van der Waals surface area contributed by atoms with Crippen LogP contribution in [0.1, 0.15) is 32.1 Å². The van der Waals surface area contributed by atoms with Gasteiger partial charge in [-0.3, -0.25) is 0 Å². The fourth-order valence-electron chi connectivity index (χ4n) is 1.93. The van der Waals surface area contributed by atoms with Gasteiger partial charge in [-0.25, -0.2) is 0 Å². The summed E-state index contributed by atoms with van der Waals surface area (Å²) in [6.07, 6.45) is 6.23. The Bertz CT molecular complexity index is 331. The third-order valence-corrected chi connectivity index (χ3v) is 2.94. The Labute approximate surface area is 102 Å². The molecule has 3 heteroatoms. The smallest absolute Gasteiger partial charge is 0.358 e. The molecule has 0 unspecified atom stereocenters. The van der Waals surface area contributed by atoms with Crippen molar-refractivity contribution in [2.24, 2.45) is 0 Å². The molecule has 1 saturated carbocycles. The second-order valence-electron chi connectivity index (χ2n) is 4.04. The van der Waals surface area contributed by atoms with Crippen LogP contribution in [0.5, 0.6) is 5.75 Å². The van der Waals surface area contributed by atoms with Crippen molar-refractivity contribution in [1.29, 1.82) is 0 Å². The Hall–Kier alpha value is -1.09. The Morgan fingerprint density at radius 1 is 1.06 bits per heavy atom. The molecule has 1 aliphatic carbocycles. The molecular formula is C13H16O2S. The molecule has 0 radical (unpaired) electrons. The van der Waals surface area contributed by atoms with Crippen molar-refractivity contribution < 1.29 is 9.47 Å². The highest BCUT2D eigenvalue weighted by Crippen LogP contribution is 2.21. The minimum Gasteiger partial charge on any atom is -0.453 e. The van der Waals surface area contributed by atoms with Gasteiger partial charge in [0.25, 0.3) is 0 Å². The summed E-state index contributed by atoms with van der Waals surface area (Å²) >= 11 is 5.07. The fourth-order valence-corrected chi connectivity index (χ4v) is 2.16. The van der Waals surface area contributed by atoms with Gasteiger partial charge in [0.15, 0.2) is 0 Å². The molecule has 0 amide bonds. The maximum atomic E-state index is 5.60. The zero-order chi connectivity index (χ0) is 11.2. The second-order valence-corrected chi connectivity index (χ2v) is 4.38. The molecule has 0 aromatic heterocycles. The third-order valence-electron chi connectivity index (χ3n) is 2.76. The van der Waals surface area contributed by atoms with Crippen LogP contribution in [-0.2, 0) is 4.74 Å². The Morgan fingerprint density at radius 2 is 1.75 bits per heavy atom. The summed E-state index contributed by atoms with van der Waals surface area (Å²) in [5.74, 6) is 0.739. The lowest BCUT2D eigenvalue weighted by atomic mass is 9.98. The molecular weight excluding hydrogens is 220 g/mol. The van der Waals surface area contributed by atoms with Gasteiger partial charge in [-0.15, -0.1) is 0 Å². The van der Waals surface area contributed by atoms with E-state index < -0.39 is 0 Å². The van der Waals surface area contributed by atoms with Gasteiger partial charge in [-0.2, -0.15) is 0 Å². The van der Waals surface area contributed by atoms with Crippen molar-refractivity contribution in [3.05, 3.63) is 30.3 Å². The Kier molecular flexibility index (Phi) is 4.17. The highest BCUT2D eigenvalue weighted by Gasteiger charge is 2.16. The van der Waals surface area contributed by atoms with Gasteiger partial charge in [0.2, 0.25) is 0 Å². The molecule has 16 heavy (non-hydrogen) atoms. The van der Waals surface area contributed by atoms with Crippen LogP contribution < -0.4 is 4.74 Å². The zero-order valence-corrected chi connectivity index (χ0v) is 10.0. The lowest BCUT2D eigenvalue weighted by molar-refractivity contribution is 0.118. The van der Waals surface area contributed by atoms with Crippen molar-refractivity contribution in [1.82, 2.24) is 0 Å². The maximum Gasteiger partial charge on any atom is 0.358 e. The highest BCUT2D eigenvalue weighted by atomic mass is 32.1. The normalized spacial score (nSPS) is 16.8. The predicted octanol–water partition coefficient (Wildman–Crippen LogP) is 3.70. The van der Waals surface area contributed by atoms with E-state index in [-0.39, 0.29) is 11.3 Å². The van der Waals surface area contributed by atoms with Crippen molar-refractivity contribution in [3.63, 3.8) is 0 Å². The van der Waals surface area contributed by atoms with E-state index in [1.165, 1.54) is 19.3 Å². The number of rotatable bonds is 2. The van der Waals surface area contributed by atoms with E-state index in [9.17, 15) is 0 Å². The van der Waals surface area contributed by atoms with Crippen molar-refractivity contribution in [2.75, 3.05) is 0 Å². The molecule has 0 saturated heterocycles. The highest BCUT2D eigenvalue weighted by molar-refractivity contribution is 7.79. The lowest BCUT2D eigenvalue weighted by Crippen LogP contribution is -2.22. The molecule has 0 spiro atoms. The summed E-state index contributed by atoms with van der Waals surface area (Å²) in [5.41, 5.74) is 0. The molecule has 1 fully saturated rings. The van der Waals surface area contributed by atoms with Gasteiger partial charge in [-0.05, 0) is 37.8 Å². The maximum absolute atomic E-state index is 5.60. The molecule has 2 rings (SSSR count). The number of hydrogen-bond donors (Lipinski definition) is 0. The largest absolute Gasteiger partial charge is 0.453 e. The summed E-state index contributed by atoms with van der Waals surface area (Å²) in [4.78, 5) is 0. The van der Waals surface area contributed by atoms with Gasteiger partial charge in [0.05, 0.1) is 0 Å². The average Bonchev–Trinajstić information content (AvgIpc) is 2.31. The van der Waals surface area contributed by atoms with Crippen LogP contribution in [0.15, 0.2) is 30.3 Å². The van der Waals surface area contributed by atoms with Crippen LogP contribution >= 0.6 is 12.2 Å². The topological polar surface area (TPSA) is 18.5 Å². The fraction of sp³-hybridized carbons (Fsp3) is 0.462. The zero-order valence-electron chi connectivity index (χ0n) is 9.22.